The summed E-state index contributed by atoms with van der Waals surface area (Å²) in [5, 5.41) is 0.0852. The van der Waals surface area contributed by atoms with E-state index in [0.717, 1.165) is 0 Å². The summed E-state index contributed by atoms with van der Waals surface area (Å²) in [4.78, 5) is 11.3. The van der Waals surface area contributed by atoms with E-state index in [-0.39, 0.29) is 25.1 Å². The van der Waals surface area contributed by atoms with Crippen LogP contribution in [0.3, 0.4) is 0 Å². The van der Waals surface area contributed by atoms with Crippen molar-refractivity contribution >= 4 is 13.8 Å². The monoisotopic (exact) mass is 294 g/mol. The number of carbonyl (C=O) groups excluding carboxylic acids is 1. The molecular weight excluding hydrogens is 271 g/mol. The number of carbonyl (C=O) groups is 1. The minimum atomic E-state index is -3.44. The lowest BCUT2D eigenvalue weighted by molar-refractivity contribution is -0.00302. The fraction of sp³-hybridized carbons (Fsp3) is 0.750. The van der Waals surface area contributed by atoms with Crippen molar-refractivity contribution in [2.75, 3.05) is 19.8 Å². The van der Waals surface area contributed by atoms with Crippen molar-refractivity contribution in [2.24, 2.45) is 0 Å². The van der Waals surface area contributed by atoms with Crippen LogP contribution in [-0.2, 0) is 23.1 Å². The van der Waals surface area contributed by atoms with E-state index in [2.05, 4.69) is 6.58 Å². The summed E-state index contributed by atoms with van der Waals surface area (Å²) in [6.07, 6.45) is -0.854. The van der Waals surface area contributed by atoms with Gasteiger partial charge in [-0.3, -0.25) is 4.57 Å². The van der Waals surface area contributed by atoms with E-state index >= 15 is 0 Å². The van der Waals surface area contributed by atoms with Gasteiger partial charge in [0.1, 0.15) is 12.2 Å². The molecule has 0 aromatic rings. The Morgan fingerprint density at radius 2 is 1.63 bits per heavy atom. The molecule has 0 saturated heterocycles. The van der Waals surface area contributed by atoms with Gasteiger partial charge in [-0.2, -0.15) is 0 Å². The van der Waals surface area contributed by atoms with Crippen LogP contribution in [0.1, 0.15) is 34.6 Å². The van der Waals surface area contributed by atoms with Crippen molar-refractivity contribution < 1.29 is 27.9 Å². The average Bonchev–Trinajstić information content (AvgIpc) is 2.24. The van der Waals surface area contributed by atoms with E-state index in [9.17, 15) is 9.36 Å². The maximum atomic E-state index is 12.2. The number of rotatable bonds is 7. The highest BCUT2D eigenvalue weighted by Crippen LogP contribution is 2.55. The minimum Gasteiger partial charge on any atom is -0.429 e. The summed E-state index contributed by atoms with van der Waals surface area (Å²) in [5.41, 5.74) is -0.651. The molecule has 0 fully saturated rings. The lowest BCUT2D eigenvalue weighted by atomic mass is 10.2. The molecule has 6 nitrogen and oxygen atoms in total. The highest BCUT2D eigenvalue weighted by molar-refractivity contribution is 7.58. The SMILES string of the molecule is C=C(COC(=O)OC(C)(C)C)P(=O)(OCC)OCC. The fourth-order valence-corrected chi connectivity index (χ4v) is 2.40. The number of hydrogen-bond donors (Lipinski definition) is 0. The van der Waals surface area contributed by atoms with Gasteiger partial charge in [-0.25, -0.2) is 4.79 Å². The molecular formula is C12H23O6P. The van der Waals surface area contributed by atoms with E-state index in [1.54, 1.807) is 34.6 Å². The van der Waals surface area contributed by atoms with E-state index in [0.29, 0.717) is 0 Å². The van der Waals surface area contributed by atoms with Gasteiger partial charge in [0.15, 0.2) is 0 Å². The van der Waals surface area contributed by atoms with Crippen molar-refractivity contribution in [3.63, 3.8) is 0 Å². The van der Waals surface area contributed by atoms with Gasteiger partial charge >= 0.3 is 13.8 Å². The Balaban J connectivity index is 4.43. The molecule has 0 aliphatic carbocycles. The molecule has 0 aromatic carbocycles. The smallest absolute Gasteiger partial charge is 0.429 e. The Morgan fingerprint density at radius 3 is 2.00 bits per heavy atom. The highest BCUT2D eigenvalue weighted by Gasteiger charge is 2.29. The largest absolute Gasteiger partial charge is 0.509 e. The summed E-state index contributed by atoms with van der Waals surface area (Å²) in [7, 11) is -3.44. The lowest BCUT2D eigenvalue weighted by Crippen LogP contribution is -2.25. The number of ether oxygens (including phenoxy) is 2. The minimum absolute atomic E-state index is 0.0852. The Bertz CT molecular complexity index is 348. The molecule has 0 atom stereocenters. The summed E-state index contributed by atoms with van der Waals surface area (Å²) in [5.74, 6) is 0. The summed E-state index contributed by atoms with van der Waals surface area (Å²) < 4.78 is 32.1. The molecule has 0 aromatic heterocycles. The van der Waals surface area contributed by atoms with Gasteiger partial charge in [-0.1, -0.05) is 6.58 Å². The van der Waals surface area contributed by atoms with E-state index in [1.165, 1.54) is 0 Å². The molecule has 112 valence electrons. The second-order valence-corrected chi connectivity index (χ2v) is 6.80. The van der Waals surface area contributed by atoms with Crippen molar-refractivity contribution in [1.82, 2.24) is 0 Å². The molecule has 0 unspecified atom stereocenters. The zero-order valence-corrected chi connectivity index (χ0v) is 13.1. The van der Waals surface area contributed by atoms with Gasteiger partial charge < -0.3 is 18.5 Å². The second kappa shape index (κ2) is 7.68. The Morgan fingerprint density at radius 1 is 1.16 bits per heavy atom. The first-order chi connectivity index (χ1) is 8.64. The van der Waals surface area contributed by atoms with Crippen LogP contribution in [0.5, 0.6) is 0 Å². The molecule has 0 amide bonds. The average molecular weight is 294 g/mol. The fourth-order valence-electron chi connectivity index (χ4n) is 1.06. The zero-order chi connectivity index (χ0) is 15.1. The molecule has 0 N–H and O–H groups in total. The van der Waals surface area contributed by atoms with Gasteiger partial charge in [0.05, 0.1) is 18.5 Å². The third-order valence-corrected chi connectivity index (χ3v) is 3.83. The van der Waals surface area contributed by atoms with Gasteiger partial charge in [-0.15, -0.1) is 0 Å². The topological polar surface area (TPSA) is 71.1 Å². The lowest BCUT2D eigenvalue weighted by Gasteiger charge is -2.21. The highest BCUT2D eigenvalue weighted by atomic mass is 31.2. The Labute approximate surface area is 114 Å². The van der Waals surface area contributed by atoms with Crippen LogP contribution >= 0.6 is 7.60 Å². The van der Waals surface area contributed by atoms with E-state index in [1.807, 2.05) is 0 Å². The first-order valence-electron chi connectivity index (χ1n) is 6.08. The first kappa shape index (κ1) is 18.2. The van der Waals surface area contributed by atoms with Crippen LogP contribution < -0.4 is 0 Å². The van der Waals surface area contributed by atoms with E-state index in [4.69, 9.17) is 18.5 Å². The third kappa shape index (κ3) is 7.35. The number of hydrogen-bond acceptors (Lipinski definition) is 6. The molecule has 0 heterocycles. The van der Waals surface area contributed by atoms with Crippen LogP contribution in [-0.4, -0.2) is 31.6 Å². The van der Waals surface area contributed by atoms with Gasteiger partial charge in [-0.05, 0) is 34.6 Å². The molecule has 0 radical (unpaired) electrons. The maximum absolute atomic E-state index is 12.2. The summed E-state index contributed by atoms with van der Waals surface area (Å²) >= 11 is 0. The molecule has 0 saturated carbocycles. The molecule has 0 bridgehead atoms. The Hall–Kier alpha value is -0.840. The molecule has 0 aliphatic rings. The predicted molar refractivity (Wildman–Crippen MR) is 72.2 cm³/mol. The van der Waals surface area contributed by atoms with Gasteiger partial charge in [0.2, 0.25) is 0 Å². The van der Waals surface area contributed by atoms with Crippen molar-refractivity contribution in [3.8, 4) is 0 Å². The summed E-state index contributed by atoms with van der Waals surface area (Å²) in [6.45, 7) is 12.3. The van der Waals surface area contributed by atoms with Crippen molar-refractivity contribution in [3.05, 3.63) is 11.9 Å². The zero-order valence-electron chi connectivity index (χ0n) is 12.2. The second-order valence-electron chi connectivity index (χ2n) is 4.65. The quantitative estimate of drug-likeness (QED) is 0.526. The van der Waals surface area contributed by atoms with Crippen LogP contribution in [0.15, 0.2) is 11.9 Å². The molecule has 0 aliphatic heterocycles. The normalized spacial score (nSPS) is 12.1. The third-order valence-electron chi connectivity index (χ3n) is 1.73. The van der Waals surface area contributed by atoms with Crippen LogP contribution in [0.2, 0.25) is 0 Å². The van der Waals surface area contributed by atoms with Crippen LogP contribution in [0.25, 0.3) is 0 Å². The van der Waals surface area contributed by atoms with Crippen molar-refractivity contribution in [2.45, 2.75) is 40.2 Å². The van der Waals surface area contributed by atoms with Gasteiger partial charge in [0, 0.05) is 0 Å². The Kier molecular flexibility index (Phi) is 7.34. The standard InChI is InChI=1S/C12H23O6P/c1-7-16-19(14,17-8-2)10(3)9-15-11(13)18-12(4,5)6/h3,7-9H2,1-2,4-6H3. The predicted octanol–water partition coefficient (Wildman–Crippen LogP) is 3.72. The molecule has 0 rings (SSSR count). The molecule has 19 heavy (non-hydrogen) atoms. The van der Waals surface area contributed by atoms with Crippen LogP contribution in [0.4, 0.5) is 4.79 Å². The summed E-state index contributed by atoms with van der Waals surface area (Å²) in [6, 6.07) is 0. The van der Waals surface area contributed by atoms with Crippen LogP contribution in [0, 0.1) is 0 Å². The first-order valence-corrected chi connectivity index (χ1v) is 7.62. The van der Waals surface area contributed by atoms with E-state index < -0.39 is 19.4 Å². The maximum Gasteiger partial charge on any atom is 0.509 e. The molecule has 0 spiro atoms. The molecule has 7 heteroatoms. The van der Waals surface area contributed by atoms with Crippen molar-refractivity contribution in [1.29, 1.82) is 0 Å². The van der Waals surface area contributed by atoms with Gasteiger partial charge in [0.25, 0.3) is 0 Å².